The van der Waals surface area contributed by atoms with E-state index in [1.807, 2.05) is 44.5 Å². The summed E-state index contributed by atoms with van der Waals surface area (Å²) >= 11 is 1.24. The molecular weight excluding hydrogens is 304 g/mol. The molecule has 0 atom stereocenters. The Hall–Kier alpha value is -1.37. The van der Waals surface area contributed by atoms with Crippen LogP contribution in [0.3, 0.4) is 0 Å². The van der Waals surface area contributed by atoms with Crippen molar-refractivity contribution < 1.29 is 8.42 Å². The van der Waals surface area contributed by atoms with Crippen molar-refractivity contribution in [2.24, 2.45) is 0 Å². The molecule has 4 nitrogen and oxygen atoms in total. The fraction of sp³-hybridized carbons (Fsp3) is 0.333. The second kappa shape index (κ2) is 6.60. The van der Waals surface area contributed by atoms with E-state index in [0.717, 1.165) is 11.1 Å². The molecule has 0 saturated heterocycles. The van der Waals surface area contributed by atoms with Gasteiger partial charge in [0.25, 0.3) is 10.0 Å². The van der Waals surface area contributed by atoms with Crippen LogP contribution in [0.5, 0.6) is 0 Å². The Morgan fingerprint density at radius 1 is 1.24 bits per heavy atom. The van der Waals surface area contributed by atoms with Gasteiger partial charge in [0.1, 0.15) is 4.21 Å². The van der Waals surface area contributed by atoms with Gasteiger partial charge >= 0.3 is 0 Å². The topological polar surface area (TPSA) is 58.2 Å². The van der Waals surface area contributed by atoms with Crippen LogP contribution in [0, 0.1) is 0 Å². The molecule has 0 aliphatic rings. The van der Waals surface area contributed by atoms with E-state index < -0.39 is 10.0 Å². The van der Waals surface area contributed by atoms with Gasteiger partial charge in [0.05, 0.1) is 5.69 Å². The second-order valence-electron chi connectivity index (χ2n) is 5.15. The molecule has 0 fully saturated rings. The van der Waals surface area contributed by atoms with E-state index in [2.05, 4.69) is 10.0 Å². The highest BCUT2D eigenvalue weighted by Crippen LogP contribution is 2.28. The number of anilines is 1. The molecule has 0 aliphatic heterocycles. The van der Waals surface area contributed by atoms with Gasteiger partial charge in [0, 0.05) is 6.54 Å². The van der Waals surface area contributed by atoms with Crippen molar-refractivity contribution in [3.05, 3.63) is 46.8 Å². The first-order valence-corrected chi connectivity index (χ1v) is 9.14. The molecular formula is C15H20N2O2S2. The number of thiophene rings is 1. The van der Waals surface area contributed by atoms with Crippen LogP contribution in [0.25, 0.3) is 0 Å². The molecule has 1 aromatic carbocycles. The average molecular weight is 324 g/mol. The molecule has 2 rings (SSSR count). The van der Waals surface area contributed by atoms with Gasteiger partial charge < -0.3 is 5.32 Å². The monoisotopic (exact) mass is 324 g/mol. The van der Waals surface area contributed by atoms with Crippen molar-refractivity contribution in [3.63, 3.8) is 0 Å². The van der Waals surface area contributed by atoms with Crippen LogP contribution >= 0.6 is 11.3 Å². The summed E-state index contributed by atoms with van der Waals surface area (Å²) in [7, 11) is -1.69. The Kier molecular flexibility index (Phi) is 5.03. The molecule has 2 N–H and O–H groups in total. The third-order valence-electron chi connectivity index (χ3n) is 3.10. The number of para-hydroxylation sites is 1. The van der Waals surface area contributed by atoms with Gasteiger partial charge in [-0.15, -0.1) is 11.3 Å². The van der Waals surface area contributed by atoms with Gasteiger partial charge in [-0.05, 0) is 41.6 Å². The summed E-state index contributed by atoms with van der Waals surface area (Å²) in [6.45, 7) is 4.75. The minimum atomic E-state index is -3.53. The van der Waals surface area contributed by atoms with Gasteiger partial charge in [0.15, 0.2) is 0 Å². The van der Waals surface area contributed by atoms with E-state index in [0.29, 0.717) is 16.4 Å². The predicted octanol–water partition coefficient (Wildman–Crippen LogP) is 3.39. The lowest BCUT2D eigenvalue weighted by atomic mass is 10.0. The highest BCUT2D eigenvalue weighted by molar-refractivity contribution is 7.94. The molecule has 0 aliphatic carbocycles. The van der Waals surface area contributed by atoms with E-state index >= 15 is 0 Å². The average Bonchev–Trinajstić information content (AvgIpc) is 2.88. The largest absolute Gasteiger partial charge is 0.316 e. The number of hydrogen-bond donors (Lipinski definition) is 2. The Bertz CT molecular complexity index is 706. The zero-order valence-electron chi connectivity index (χ0n) is 12.4. The predicted molar refractivity (Wildman–Crippen MR) is 88.4 cm³/mol. The summed E-state index contributed by atoms with van der Waals surface area (Å²) in [6, 6.07) is 9.22. The number of hydrogen-bond acceptors (Lipinski definition) is 4. The summed E-state index contributed by atoms with van der Waals surface area (Å²) < 4.78 is 28.0. The van der Waals surface area contributed by atoms with Crippen LogP contribution in [-0.4, -0.2) is 15.5 Å². The van der Waals surface area contributed by atoms with Gasteiger partial charge in [-0.1, -0.05) is 32.0 Å². The highest BCUT2D eigenvalue weighted by Gasteiger charge is 2.18. The van der Waals surface area contributed by atoms with Gasteiger partial charge in [-0.3, -0.25) is 4.72 Å². The lowest BCUT2D eigenvalue weighted by Crippen LogP contribution is -2.13. The quantitative estimate of drug-likeness (QED) is 0.856. The second-order valence-corrected chi connectivity index (χ2v) is 7.97. The van der Waals surface area contributed by atoms with Crippen LogP contribution in [0.4, 0.5) is 5.69 Å². The third-order valence-corrected chi connectivity index (χ3v) is 5.96. The van der Waals surface area contributed by atoms with Gasteiger partial charge in [0.2, 0.25) is 0 Å². The number of benzene rings is 1. The Morgan fingerprint density at radius 2 is 1.95 bits per heavy atom. The molecule has 0 unspecified atom stereocenters. The fourth-order valence-corrected chi connectivity index (χ4v) is 4.38. The molecule has 1 heterocycles. The summed E-state index contributed by atoms with van der Waals surface area (Å²) in [4.78, 5) is 0. The molecule has 0 spiro atoms. The number of rotatable bonds is 6. The molecule has 0 radical (unpaired) electrons. The molecule has 114 valence electrons. The molecule has 6 heteroatoms. The van der Waals surface area contributed by atoms with Crippen LogP contribution in [0.1, 0.15) is 30.9 Å². The van der Waals surface area contributed by atoms with Crippen LogP contribution < -0.4 is 10.0 Å². The minimum absolute atomic E-state index is 0.257. The normalized spacial score (nSPS) is 11.8. The highest BCUT2D eigenvalue weighted by atomic mass is 32.2. The standard InChI is InChI=1S/C15H20N2O2S2/c1-11(2)13-6-4-5-7-14(13)17-21(18,19)15-8-12(9-16-3)10-20-15/h4-8,10-11,16-17H,9H2,1-3H3. The first-order valence-electron chi connectivity index (χ1n) is 6.78. The molecule has 0 saturated carbocycles. The van der Waals surface area contributed by atoms with Gasteiger partial charge in [-0.25, -0.2) is 8.42 Å². The van der Waals surface area contributed by atoms with Gasteiger partial charge in [-0.2, -0.15) is 0 Å². The maximum absolute atomic E-state index is 12.5. The molecule has 1 aromatic heterocycles. The fourth-order valence-electron chi connectivity index (χ4n) is 2.08. The van der Waals surface area contributed by atoms with Crippen molar-refractivity contribution in [1.82, 2.24) is 5.32 Å². The minimum Gasteiger partial charge on any atom is -0.316 e. The molecule has 0 bridgehead atoms. The maximum Gasteiger partial charge on any atom is 0.271 e. The Balaban J connectivity index is 2.29. The van der Waals surface area contributed by atoms with E-state index in [1.165, 1.54) is 11.3 Å². The molecule has 2 aromatic rings. The zero-order valence-corrected chi connectivity index (χ0v) is 14.0. The van der Waals surface area contributed by atoms with Crippen LogP contribution in [-0.2, 0) is 16.6 Å². The van der Waals surface area contributed by atoms with Crippen LogP contribution in [0.2, 0.25) is 0 Å². The number of nitrogens with one attached hydrogen (secondary N) is 2. The van der Waals surface area contributed by atoms with Crippen molar-refractivity contribution in [2.45, 2.75) is 30.5 Å². The van der Waals surface area contributed by atoms with Crippen LogP contribution in [0.15, 0.2) is 39.9 Å². The Labute approximate surface area is 130 Å². The van der Waals surface area contributed by atoms with Crippen molar-refractivity contribution >= 4 is 27.0 Å². The van der Waals surface area contributed by atoms with E-state index in [-0.39, 0.29) is 5.92 Å². The molecule has 0 amide bonds. The summed E-state index contributed by atoms with van der Waals surface area (Å²) in [5.41, 5.74) is 2.61. The maximum atomic E-state index is 12.5. The lowest BCUT2D eigenvalue weighted by molar-refractivity contribution is 0.603. The third kappa shape index (κ3) is 3.84. The summed E-state index contributed by atoms with van der Waals surface area (Å²) in [6.07, 6.45) is 0. The zero-order chi connectivity index (χ0) is 15.5. The lowest BCUT2D eigenvalue weighted by Gasteiger charge is -2.14. The SMILES string of the molecule is CNCc1csc(S(=O)(=O)Nc2ccccc2C(C)C)c1. The van der Waals surface area contributed by atoms with Crippen molar-refractivity contribution in [1.29, 1.82) is 0 Å². The first kappa shape index (κ1) is 16.0. The van der Waals surface area contributed by atoms with E-state index in [1.54, 1.807) is 12.1 Å². The van der Waals surface area contributed by atoms with E-state index in [9.17, 15) is 8.42 Å². The van der Waals surface area contributed by atoms with Crippen molar-refractivity contribution in [3.8, 4) is 0 Å². The van der Waals surface area contributed by atoms with Crippen molar-refractivity contribution in [2.75, 3.05) is 11.8 Å². The summed E-state index contributed by atoms with van der Waals surface area (Å²) in [5, 5.41) is 4.87. The summed E-state index contributed by atoms with van der Waals surface area (Å²) in [5.74, 6) is 0.257. The molecule has 21 heavy (non-hydrogen) atoms. The number of sulfonamides is 1. The first-order chi connectivity index (χ1) is 9.94. The van der Waals surface area contributed by atoms with E-state index in [4.69, 9.17) is 0 Å². The Morgan fingerprint density at radius 3 is 2.62 bits per heavy atom. The smallest absolute Gasteiger partial charge is 0.271 e.